The van der Waals surface area contributed by atoms with Crippen molar-refractivity contribution in [2.24, 2.45) is 0 Å². The second kappa shape index (κ2) is 4.13. The van der Waals surface area contributed by atoms with Crippen molar-refractivity contribution in [2.45, 2.75) is 27.7 Å². The van der Waals surface area contributed by atoms with Crippen LogP contribution in [-0.4, -0.2) is 0 Å². The Hall–Kier alpha value is -1.56. The van der Waals surface area contributed by atoms with Gasteiger partial charge in [0.05, 0.1) is 0 Å². The Labute approximate surface area is 97.6 Å². The van der Waals surface area contributed by atoms with E-state index in [9.17, 15) is 0 Å². The first-order valence-corrected chi connectivity index (χ1v) is 5.73. The van der Waals surface area contributed by atoms with Gasteiger partial charge in [-0.05, 0) is 55.2 Å². The van der Waals surface area contributed by atoms with Crippen LogP contribution in [0.2, 0.25) is 0 Å². The van der Waals surface area contributed by atoms with Gasteiger partial charge in [0, 0.05) is 0 Å². The first kappa shape index (κ1) is 10.9. The van der Waals surface area contributed by atoms with Crippen LogP contribution in [0.1, 0.15) is 30.5 Å². The molecule has 0 fully saturated rings. The predicted molar refractivity (Wildman–Crippen MR) is 72.7 cm³/mol. The van der Waals surface area contributed by atoms with Gasteiger partial charge in [-0.3, -0.25) is 0 Å². The van der Waals surface area contributed by atoms with Crippen molar-refractivity contribution in [2.75, 3.05) is 0 Å². The summed E-state index contributed by atoms with van der Waals surface area (Å²) >= 11 is 0. The molecule has 16 heavy (non-hydrogen) atoms. The summed E-state index contributed by atoms with van der Waals surface area (Å²) in [6, 6.07) is 11.0. The van der Waals surface area contributed by atoms with E-state index in [4.69, 9.17) is 0 Å². The van der Waals surface area contributed by atoms with Gasteiger partial charge in [-0.25, -0.2) is 0 Å². The van der Waals surface area contributed by atoms with Crippen LogP contribution in [0.3, 0.4) is 0 Å². The average Bonchev–Trinajstić information content (AvgIpc) is 2.22. The highest BCUT2D eigenvalue weighted by atomic mass is 14.1. The molecule has 0 spiro atoms. The number of hydrogen-bond acceptors (Lipinski definition) is 0. The molecule has 0 aromatic heterocycles. The molecule has 2 aromatic rings. The van der Waals surface area contributed by atoms with E-state index in [-0.39, 0.29) is 0 Å². The highest BCUT2D eigenvalue weighted by Gasteiger charge is 2.03. The van der Waals surface area contributed by atoms with Crippen molar-refractivity contribution < 1.29 is 0 Å². The van der Waals surface area contributed by atoms with Crippen molar-refractivity contribution in [3.8, 4) is 0 Å². The Morgan fingerprint density at radius 2 is 1.62 bits per heavy atom. The monoisotopic (exact) mass is 210 g/mol. The summed E-state index contributed by atoms with van der Waals surface area (Å²) in [5.41, 5.74) is 5.40. The van der Waals surface area contributed by atoms with Crippen LogP contribution in [-0.2, 0) is 0 Å². The van der Waals surface area contributed by atoms with E-state index < -0.39 is 0 Å². The lowest BCUT2D eigenvalue weighted by Crippen LogP contribution is -1.86. The third-order valence-corrected chi connectivity index (χ3v) is 2.97. The number of hydrogen-bond donors (Lipinski definition) is 0. The highest BCUT2D eigenvalue weighted by molar-refractivity contribution is 5.94. The molecule has 0 heteroatoms. The van der Waals surface area contributed by atoms with Crippen LogP contribution in [0.4, 0.5) is 0 Å². The van der Waals surface area contributed by atoms with Crippen molar-refractivity contribution >= 4 is 16.8 Å². The number of aryl methyl sites for hydroxylation is 2. The van der Waals surface area contributed by atoms with E-state index in [1.54, 1.807) is 0 Å². The first-order valence-electron chi connectivity index (χ1n) is 5.73. The fraction of sp³-hybridized carbons (Fsp3) is 0.250. The maximum absolute atomic E-state index is 2.27. The minimum Gasteiger partial charge on any atom is -0.0758 e. The number of fused-ring (bicyclic) bond motifs is 1. The van der Waals surface area contributed by atoms with Crippen LogP contribution in [0.5, 0.6) is 0 Å². The Bertz CT molecular complexity index is 556. The van der Waals surface area contributed by atoms with Gasteiger partial charge in [0.15, 0.2) is 0 Å². The predicted octanol–water partition coefficient (Wildman–Crippen LogP) is 4.88. The molecule has 0 bridgehead atoms. The Morgan fingerprint density at radius 3 is 2.31 bits per heavy atom. The lowest BCUT2D eigenvalue weighted by molar-refractivity contribution is 1.40. The lowest BCUT2D eigenvalue weighted by atomic mass is 9.96. The molecule has 0 radical (unpaired) electrons. The lowest BCUT2D eigenvalue weighted by Gasteiger charge is -2.09. The minimum absolute atomic E-state index is 1.34. The molecule has 0 aliphatic carbocycles. The van der Waals surface area contributed by atoms with Gasteiger partial charge in [-0.1, -0.05) is 42.0 Å². The average molecular weight is 210 g/mol. The molecule has 0 heterocycles. The largest absolute Gasteiger partial charge is 0.0758 e. The second-order valence-electron chi connectivity index (χ2n) is 4.69. The van der Waals surface area contributed by atoms with Crippen molar-refractivity contribution in [1.82, 2.24) is 0 Å². The summed E-state index contributed by atoms with van der Waals surface area (Å²) < 4.78 is 0. The van der Waals surface area contributed by atoms with Gasteiger partial charge in [0.2, 0.25) is 0 Å². The molecule has 2 rings (SSSR count). The summed E-state index contributed by atoms with van der Waals surface area (Å²) in [7, 11) is 0. The van der Waals surface area contributed by atoms with Crippen molar-refractivity contribution in [3.05, 3.63) is 52.6 Å². The van der Waals surface area contributed by atoms with Gasteiger partial charge in [-0.15, -0.1) is 0 Å². The number of benzene rings is 2. The van der Waals surface area contributed by atoms with Crippen LogP contribution in [0.25, 0.3) is 16.8 Å². The quantitative estimate of drug-likeness (QED) is 0.629. The van der Waals surface area contributed by atoms with Crippen molar-refractivity contribution in [1.29, 1.82) is 0 Å². The standard InChI is InChI=1S/C16H18/c1-11(2)10-16-13(4)8-9-14-12(3)6-5-7-15(14)16/h5-10H,1-4H3. The molecule has 0 amide bonds. The topological polar surface area (TPSA) is 0 Å². The molecule has 0 N–H and O–H groups in total. The minimum atomic E-state index is 1.34. The van der Waals surface area contributed by atoms with E-state index in [2.05, 4.69) is 64.1 Å². The maximum atomic E-state index is 2.27. The zero-order valence-electron chi connectivity index (χ0n) is 10.5. The van der Waals surface area contributed by atoms with Crippen molar-refractivity contribution in [3.63, 3.8) is 0 Å². The van der Waals surface area contributed by atoms with Gasteiger partial charge >= 0.3 is 0 Å². The van der Waals surface area contributed by atoms with Crippen LogP contribution in [0, 0.1) is 13.8 Å². The molecule has 0 aliphatic heterocycles. The van der Waals surface area contributed by atoms with Crippen LogP contribution < -0.4 is 0 Å². The summed E-state index contributed by atoms with van der Waals surface area (Å²) in [6.07, 6.45) is 2.27. The first-order chi connectivity index (χ1) is 7.59. The van der Waals surface area contributed by atoms with E-state index in [1.165, 1.54) is 33.0 Å². The Kier molecular flexibility index (Phi) is 2.82. The third kappa shape index (κ3) is 1.88. The van der Waals surface area contributed by atoms with E-state index in [1.807, 2.05) is 0 Å². The second-order valence-corrected chi connectivity index (χ2v) is 4.69. The maximum Gasteiger partial charge on any atom is -0.0106 e. The molecular formula is C16H18. The molecule has 82 valence electrons. The molecule has 0 aliphatic rings. The zero-order valence-corrected chi connectivity index (χ0v) is 10.5. The van der Waals surface area contributed by atoms with E-state index in [0.717, 1.165) is 0 Å². The summed E-state index contributed by atoms with van der Waals surface area (Å²) in [5.74, 6) is 0. The summed E-state index contributed by atoms with van der Waals surface area (Å²) in [6.45, 7) is 8.64. The van der Waals surface area contributed by atoms with Gasteiger partial charge in [0.1, 0.15) is 0 Å². The van der Waals surface area contributed by atoms with E-state index in [0.29, 0.717) is 0 Å². The third-order valence-electron chi connectivity index (χ3n) is 2.97. The molecular weight excluding hydrogens is 192 g/mol. The Morgan fingerprint density at radius 1 is 0.875 bits per heavy atom. The summed E-state index contributed by atoms with van der Waals surface area (Å²) in [4.78, 5) is 0. The fourth-order valence-electron chi connectivity index (χ4n) is 2.13. The molecule has 0 nitrogen and oxygen atoms in total. The fourth-order valence-corrected chi connectivity index (χ4v) is 2.13. The SMILES string of the molecule is CC(C)=Cc1c(C)ccc2c(C)cccc12. The summed E-state index contributed by atoms with van der Waals surface area (Å²) in [5, 5.41) is 2.72. The smallest absolute Gasteiger partial charge is 0.0106 e. The number of allylic oxidation sites excluding steroid dienone is 1. The highest BCUT2D eigenvalue weighted by Crippen LogP contribution is 2.26. The zero-order chi connectivity index (χ0) is 11.7. The molecule has 2 aromatic carbocycles. The normalized spacial score (nSPS) is 10.5. The number of rotatable bonds is 1. The molecule has 0 saturated carbocycles. The molecule has 0 atom stereocenters. The van der Waals surface area contributed by atoms with Crippen LogP contribution >= 0.6 is 0 Å². The molecule has 0 saturated heterocycles. The molecule has 0 unspecified atom stereocenters. The van der Waals surface area contributed by atoms with E-state index >= 15 is 0 Å². The van der Waals surface area contributed by atoms with Crippen LogP contribution in [0.15, 0.2) is 35.9 Å². The van der Waals surface area contributed by atoms with Gasteiger partial charge < -0.3 is 0 Å². The van der Waals surface area contributed by atoms with Gasteiger partial charge in [-0.2, -0.15) is 0 Å². The van der Waals surface area contributed by atoms with Gasteiger partial charge in [0.25, 0.3) is 0 Å². The Balaban J connectivity index is 2.85.